The maximum absolute atomic E-state index is 12.9. The van der Waals surface area contributed by atoms with Crippen LogP contribution in [0.5, 0.6) is 11.5 Å². The van der Waals surface area contributed by atoms with Gasteiger partial charge in [-0.05, 0) is 25.0 Å². The van der Waals surface area contributed by atoms with E-state index in [0.717, 1.165) is 18.4 Å². The van der Waals surface area contributed by atoms with Crippen molar-refractivity contribution in [3.63, 3.8) is 0 Å². The van der Waals surface area contributed by atoms with E-state index < -0.39 is 0 Å². The van der Waals surface area contributed by atoms with Crippen molar-refractivity contribution in [1.29, 1.82) is 0 Å². The number of thiazole rings is 1. The number of benzene rings is 1. The smallest absolute Gasteiger partial charge is 0.273 e. The molecule has 0 spiro atoms. The molecule has 1 aromatic carbocycles. The van der Waals surface area contributed by atoms with Crippen molar-refractivity contribution in [2.45, 2.75) is 32.4 Å². The van der Waals surface area contributed by atoms with Gasteiger partial charge in [-0.1, -0.05) is 0 Å². The predicted molar refractivity (Wildman–Crippen MR) is 98.9 cm³/mol. The van der Waals surface area contributed by atoms with Gasteiger partial charge < -0.3 is 19.7 Å². The molecule has 1 saturated carbocycles. The van der Waals surface area contributed by atoms with Crippen LogP contribution in [0.1, 0.15) is 35.8 Å². The van der Waals surface area contributed by atoms with E-state index in [1.807, 2.05) is 23.1 Å². The van der Waals surface area contributed by atoms with Crippen LogP contribution >= 0.6 is 11.3 Å². The van der Waals surface area contributed by atoms with Gasteiger partial charge in [0.1, 0.15) is 17.2 Å². The topological polar surface area (TPSA) is 80.8 Å². The second-order valence-electron chi connectivity index (χ2n) is 6.06. The molecule has 0 saturated heterocycles. The van der Waals surface area contributed by atoms with Crippen LogP contribution in [0.15, 0.2) is 23.6 Å². The first-order chi connectivity index (χ1) is 12.5. The summed E-state index contributed by atoms with van der Waals surface area (Å²) in [7, 11) is 3.20. The Morgan fingerprint density at radius 1 is 1.31 bits per heavy atom. The van der Waals surface area contributed by atoms with Gasteiger partial charge in [0.2, 0.25) is 5.91 Å². The number of amides is 2. The zero-order valence-corrected chi connectivity index (χ0v) is 15.8. The molecule has 0 aliphatic heterocycles. The fourth-order valence-corrected chi connectivity index (χ4v) is 3.38. The van der Waals surface area contributed by atoms with Crippen LogP contribution in [0.2, 0.25) is 0 Å². The van der Waals surface area contributed by atoms with Crippen molar-refractivity contribution in [3.05, 3.63) is 34.8 Å². The van der Waals surface area contributed by atoms with Gasteiger partial charge in [0.25, 0.3) is 5.91 Å². The van der Waals surface area contributed by atoms with Gasteiger partial charge in [0.05, 0.1) is 14.2 Å². The van der Waals surface area contributed by atoms with Crippen molar-refractivity contribution >= 4 is 28.3 Å². The first kappa shape index (κ1) is 18.2. The number of ether oxygens (including phenoxy) is 2. The second kappa shape index (κ2) is 7.74. The molecule has 138 valence electrons. The minimum absolute atomic E-state index is 0.141. The number of anilines is 1. The third kappa shape index (κ3) is 4.13. The van der Waals surface area contributed by atoms with Crippen LogP contribution in [0.4, 0.5) is 5.13 Å². The summed E-state index contributed by atoms with van der Waals surface area (Å²) in [5.41, 5.74) is 1.25. The first-order valence-electron chi connectivity index (χ1n) is 8.26. The van der Waals surface area contributed by atoms with Crippen molar-refractivity contribution in [3.8, 4) is 11.5 Å². The Morgan fingerprint density at radius 3 is 2.69 bits per heavy atom. The number of rotatable bonds is 7. The lowest BCUT2D eigenvalue weighted by Gasteiger charge is -2.23. The van der Waals surface area contributed by atoms with Crippen LogP contribution in [0, 0.1) is 0 Å². The third-order valence-electron chi connectivity index (χ3n) is 4.09. The Labute approximate surface area is 155 Å². The summed E-state index contributed by atoms with van der Waals surface area (Å²) in [6, 6.07) is 5.78. The highest BCUT2D eigenvalue weighted by molar-refractivity contribution is 7.14. The maximum atomic E-state index is 12.9. The summed E-state index contributed by atoms with van der Waals surface area (Å²) < 4.78 is 10.7. The highest BCUT2D eigenvalue weighted by atomic mass is 32.1. The quantitative estimate of drug-likeness (QED) is 0.805. The highest BCUT2D eigenvalue weighted by Crippen LogP contribution is 2.33. The minimum atomic E-state index is -0.208. The minimum Gasteiger partial charge on any atom is -0.497 e. The summed E-state index contributed by atoms with van der Waals surface area (Å²) in [5, 5.41) is 4.71. The number of hydrogen-bond donors (Lipinski definition) is 1. The van der Waals surface area contributed by atoms with E-state index in [2.05, 4.69) is 10.3 Å². The van der Waals surface area contributed by atoms with Gasteiger partial charge in [-0.15, -0.1) is 11.3 Å². The Hall–Kier alpha value is -2.61. The molecule has 0 unspecified atom stereocenters. The molecule has 1 N–H and O–H groups in total. The van der Waals surface area contributed by atoms with Crippen LogP contribution in [-0.2, 0) is 11.3 Å². The molecular formula is C18H21N3O4S. The average molecular weight is 375 g/mol. The molecule has 0 radical (unpaired) electrons. The largest absolute Gasteiger partial charge is 0.497 e. The van der Waals surface area contributed by atoms with Crippen molar-refractivity contribution < 1.29 is 19.1 Å². The molecule has 1 aliphatic carbocycles. The lowest BCUT2D eigenvalue weighted by molar-refractivity contribution is -0.114. The number of aromatic nitrogens is 1. The molecule has 1 heterocycles. The highest BCUT2D eigenvalue weighted by Gasteiger charge is 2.34. The molecule has 8 heteroatoms. The summed E-state index contributed by atoms with van der Waals surface area (Å²) in [4.78, 5) is 30.1. The molecule has 7 nitrogen and oxygen atoms in total. The Bertz CT molecular complexity index is 817. The monoisotopic (exact) mass is 375 g/mol. The Morgan fingerprint density at radius 2 is 2.08 bits per heavy atom. The van der Waals surface area contributed by atoms with E-state index in [0.29, 0.717) is 28.9 Å². The summed E-state index contributed by atoms with van der Waals surface area (Å²) in [6.07, 6.45) is 1.96. The molecule has 1 aromatic heterocycles. The first-order valence-corrected chi connectivity index (χ1v) is 9.14. The van der Waals surface area contributed by atoms with Crippen molar-refractivity contribution in [2.24, 2.45) is 0 Å². The van der Waals surface area contributed by atoms with Gasteiger partial charge >= 0.3 is 0 Å². The molecule has 2 aromatic rings. The SMILES string of the molecule is COc1ccc(CN(C(=O)c2csc(NC(C)=O)n2)C2CC2)c(OC)c1. The average Bonchev–Trinajstić information content (AvgIpc) is 3.37. The summed E-state index contributed by atoms with van der Waals surface area (Å²) >= 11 is 1.24. The predicted octanol–water partition coefficient (Wildman–Crippen LogP) is 2.92. The normalized spacial score (nSPS) is 13.2. The Balaban J connectivity index is 1.80. The van der Waals surface area contributed by atoms with Gasteiger partial charge in [-0.3, -0.25) is 9.59 Å². The van der Waals surface area contributed by atoms with Gasteiger partial charge in [0.15, 0.2) is 5.13 Å². The summed E-state index contributed by atoms with van der Waals surface area (Å²) in [6.45, 7) is 1.85. The maximum Gasteiger partial charge on any atom is 0.273 e. The van der Waals surface area contributed by atoms with E-state index in [4.69, 9.17) is 9.47 Å². The zero-order valence-electron chi connectivity index (χ0n) is 14.9. The number of carbonyl (C=O) groups excluding carboxylic acids is 2. The standard InChI is InChI=1S/C18H21N3O4S/c1-11(22)19-18-20-15(10-26-18)17(23)21(13-5-6-13)9-12-4-7-14(24-2)8-16(12)25-3/h4,7-8,10,13H,5-6,9H2,1-3H3,(H,19,20,22). The number of methoxy groups -OCH3 is 2. The van der Waals surface area contributed by atoms with E-state index in [9.17, 15) is 9.59 Å². The van der Waals surface area contributed by atoms with Crippen molar-refractivity contribution in [2.75, 3.05) is 19.5 Å². The van der Waals surface area contributed by atoms with Gasteiger partial charge in [-0.2, -0.15) is 0 Å². The van der Waals surface area contributed by atoms with Crippen LogP contribution in [-0.4, -0.2) is 42.0 Å². The van der Waals surface area contributed by atoms with Crippen LogP contribution < -0.4 is 14.8 Å². The van der Waals surface area contributed by atoms with E-state index >= 15 is 0 Å². The fourth-order valence-electron chi connectivity index (χ4n) is 2.65. The van der Waals surface area contributed by atoms with Gasteiger partial charge in [0, 0.05) is 36.5 Å². The molecular weight excluding hydrogens is 354 g/mol. The number of carbonyl (C=O) groups is 2. The molecule has 26 heavy (non-hydrogen) atoms. The van der Waals surface area contributed by atoms with E-state index in [-0.39, 0.29) is 17.9 Å². The van der Waals surface area contributed by atoms with Gasteiger partial charge in [-0.25, -0.2) is 4.98 Å². The van der Waals surface area contributed by atoms with E-state index in [1.165, 1.54) is 18.3 Å². The fraction of sp³-hybridized carbons (Fsp3) is 0.389. The van der Waals surface area contributed by atoms with E-state index in [1.54, 1.807) is 19.6 Å². The summed E-state index contributed by atoms with van der Waals surface area (Å²) in [5.74, 6) is 1.04. The molecule has 3 rings (SSSR count). The molecule has 0 atom stereocenters. The number of nitrogens with one attached hydrogen (secondary N) is 1. The second-order valence-corrected chi connectivity index (χ2v) is 6.92. The lowest BCUT2D eigenvalue weighted by Crippen LogP contribution is -2.33. The molecule has 2 amide bonds. The van der Waals surface area contributed by atoms with Crippen LogP contribution in [0.3, 0.4) is 0 Å². The molecule has 0 bridgehead atoms. The zero-order chi connectivity index (χ0) is 18.7. The van der Waals surface area contributed by atoms with Crippen LogP contribution in [0.25, 0.3) is 0 Å². The molecule has 1 fully saturated rings. The number of hydrogen-bond acceptors (Lipinski definition) is 6. The van der Waals surface area contributed by atoms with Crippen molar-refractivity contribution in [1.82, 2.24) is 9.88 Å². The lowest BCUT2D eigenvalue weighted by atomic mass is 10.1. The number of nitrogens with zero attached hydrogens (tertiary/aromatic N) is 2. The molecule has 1 aliphatic rings. The Kier molecular flexibility index (Phi) is 5.41. The third-order valence-corrected chi connectivity index (χ3v) is 4.85.